The van der Waals surface area contributed by atoms with Gasteiger partial charge in [0.05, 0.1) is 6.61 Å². The van der Waals surface area contributed by atoms with Crippen molar-refractivity contribution in [3.63, 3.8) is 0 Å². The minimum atomic E-state index is -4.52. The van der Waals surface area contributed by atoms with E-state index in [9.17, 15) is 4.57 Å². The largest absolute Gasteiger partial charge is 0.469 e. The lowest BCUT2D eigenvalue weighted by Crippen LogP contribution is -2.41. The summed E-state index contributed by atoms with van der Waals surface area (Å²) in [6.45, 7) is 3.60. The van der Waals surface area contributed by atoms with Gasteiger partial charge in [-0.15, -0.1) is 0 Å². The minimum Gasteiger partial charge on any atom is -0.323 e. The van der Waals surface area contributed by atoms with Gasteiger partial charge in [-0.05, 0) is 61.6 Å². The quantitative estimate of drug-likeness (QED) is 0.495. The maximum atomic E-state index is 10.8. The van der Waals surface area contributed by atoms with Gasteiger partial charge in [0.15, 0.2) is 0 Å². The average Bonchev–Trinajstić information content (AvgIpc) is 2.59. The Kier molecular flexibility index (Phi) is 7.95. The van der Waals surface area contributed by atoms with E-state index in [-0.39, 0.29) is 6.61 Å². The number of phosphoric acid groups is 1. The molecular weight excluding hydrogens is 405 g/mol. The van der Waals surface area contributed by atoms with Crippen molar-refractivity contribution >= 4 is 31.2 Å². The predicted molar refractivity (Wildman–Crippen MR) is 110 cm³/mol. The number of benzene rings is 2. The van der Waals surface area contributed by atoms with E-state index in [2.05, 4.69) is 35.7 Å². The number of nitrogens with two attached hydrogens (primary N) is 1. The van der Waals surface area contributed by atoms with Gasteiger partial charge in [-0.1, -0.05) is 48.5 Å². The molecule has 0 saturated heterocycles. The summed E-state index contributed by atoms with van der Waals surface area (Å²) in [6, 6.07) is 14.3. The molecule has 5 nitrogen and oxygen atoms in total. The van der Waals surface area contributed by atoms with Crippen LogP contribution in [0, 0.1) is 0 Å². The summed E-state index contributed by atoms with van der Waals surface area (Å²) in [6.07, 6.45) is 2.07. The Bertz CT molecular complexity index is 825. The number of rotatable bonds is 9. The van der Waals surface area contributed by atoms with Gasteiger partial charge in [-0.3, -0.25) is 4.52 Å². The molecule has 148 valence electrons. The zero-order chi connectivity index (χ0) is 20.1. The molecule has 4 N–H and O–H groups in total. The van der Waals surface area contributed by atoms with Gasteiger partial charge in [0, 0.05) is 20.4 Å². The van der Waals surface area contributed by atoms with Crippen LogP contribution in [0.5, 0.6) is 0 Å². The van der Waals surface area contributed by atoms with Crippen LogP contribution in [0.2, 0.25) is 5.02 Å². The molecule has 2 aromatic rings. The minimum absolute atomic E-state index is 0.226. The average molecular weight is 430 g/mol. The molecule has 0 heterocycles. The fourth-order valence-corrected chi connectivity index (χ4v) is 4.23. The molecule has 0 radical (unpaired) electrons. The number of halogens is 1. The number of hydrogen-bond acceptors (Lipinski definition) is 4. The van der Waals surface area contributed by atoms with Crippen molar-refractivity contribution in [3.8, 4) is 0 Å². The van der Waals surface area contributed by atoms with Gasteiger partial charge in [0.25, 0.3) is 0 Å². The predicted octanol–water partition coefficient (Wildman–Crippen LogP) is 4.81. The zero-order valence-electron chi connectivity index (χ0n) is 15.4. The first-order valence-corrected chi connectivity index (χ1v) is 11.3. The Morgan fingerprint density at radius 1 is 1.22 bits per heavy atom. The van der Waals surface area contributed by atoms with E-state index >= 15 is 0 Å². The van der Waals surface area contributed by atoms with Crippen molar-refractivity contribution in [1.82, 2.24) is 0 Å². The fourth-order valence-electron chi connectivity index (χ4n) is 2.48. The highest BCUT2D eigenvalue weighted by molar-refractivity contribution is 7.99. The summed E-state index contributed by atoms with van der Waals surface area (Å²) in [5, 5.41) is 0.651. The molecule has 0 saturated carbocycles. The zero-order valence-corrected chi connectivity index (χ0v) is 17.9. The van der Waals surface area contributed by atoms with Crippen LogP contribution in [0.1, 0.15) is 31.4 Å². The van der Waals surface area contributed by atoms with Crippen LogP contribution in [0.15, 0.2) is 52.3 Å². The lowest BCUT2D eigenvalue weighted by molar-refractivity contribution is 0.154. The Labute approximate surface area is 169 Å². The molecule has 0 bridgehead atoms. The number of hydrogen-bond donors (Lipinski definition) is 3. The molecule has 2 rings (SSSR count). The van der Waals surface area contributed by atoms with E-state index < -0.39 is 13.4 Å². The lowest BCUT2D eigenvalue weighted by Gasteiger charge is -2.24. The Morgan fingerprint density at radius 2 is 1.93 bits per heavy atom. The van der Waals surface area contributed by atoms with Crippen molar-refractivity contribution in [2.24, 2.45) is 5.73 Å². The summed E-state index contributed by atoms with van der Waals surface area (Å²) < 4.78 is 15.3. The van der Waals surface area contributed by atoms with Crippen molar-refractivity contribution in [3.05, 3.63) is 58.6 Å². The maximum absolute atomic E-state index is 10.8. The molecule has 0 aliphatic rings. The highest BCUT2D eigenvalue weighted by Crippen LogP contribution is 2.37. The molecule has 1 atom stereocenters. The lowest BCUT2D eigenvalue weighted by atomic mass is 9.95. The first-order valence-electron chi connectivity index (χ1n) is 8.62. The highest BCUT2D eigenvalue weighted by atomic mass is 35.5. The molecule has 0 spiro atoms. The first kappa shape index (κ1) is 22.4. The van der Waals surface area contributed by atoms with Gasteiger partial charge in [0.1, 0.15) is 0 Å². The normalized spacial score (nSPS) is 14.1. The number of aryl methyl sites for hydroxylation is 2. The Morgan fingerprint density at radius 3 is 2.56 bits per heavy atom. The standard InChI is InChI=1S/C19H25ClNO4PS/c1-3-14-5-4-6-16(11-14)27-17-8-7-15(18(20)12-17)9-10-19(2,21)13-25-26(22,23)24/h4-8,11-12H,3,9-10,13,21H2,1-2H3,(H2,22,23,24)/t19-/m1/s1. The summed E-state index contributed by atoms with van der Waals surface area (Å²) >= 11 is 8.08. The van der Waals surface area contributed by atoms with Gasteiger partial charge in [-0.2, -0.15) is 0 Å². The Balaban J connectivity index is 1.98. The van der Waals surface area contributed by atoms with E-state index in [1.807, 2.05) is 18.2 Å². The van der Waals surface area contributed by atoms with E-state index in [4.69, 9.17) is 27.1 Å². The second-order valence-corrected chi connectivity index (χ2v) is 9.57. The van der Waals surface area contributed by atoms with Crippen molar-refractivity contribution in [1.29, 1.82) is 0 Å². The molecular formula is C19H25ClNO4PS. The molecule has 27 heavy (non-hydrogen) atoms. The third-order valence-corrected chi connectivity index (χ3v) is 5.89. The van der Waals surface area contributed by atoms with Gasteiger partial charge >= 0.3 is 7.82 Å². The van der Waals surface area contributed by atoms with Crippen LogP contribution in [0.3, 0.4) is 0 Å². The van der Waals surface area contributed by atoms with E-state index in [1.165, 1.54) is 10.5 Å². The van der Waals surface area contributed by atoms with Crippen LogP contribution in [0.4, 0.5) is 0 Å². The van der Waals surface area contributed by atoms with Crippen LogP contribution >= 0.6 is 31.2 Å². The SMILES string of the molecule is CCc1cccc(Sc2ccc(CC[C@@](C)(N)COP(=O)(O)O)c(Cl)c2)c1. The summed E-state index contributed by atoms with van der Waals surface area (Å²) in [7, 11) is -4.52. The summed E-state index contributed by atoms with van der Waals surface area (Å²) in [4.78, 5) is 19.8. The fraction of sp³-hybridized carbons (Fsp3) is 0.368. The molecule has 0 amide bonds. The molecule has 2 aromatic carbocycles. The van der Waals surface area contributed by atoms with Crippen molar-refractivity contribution < 1.29 is 18.9 Å². The monoisotopic (exact) mass is 429 g/mol. The topological polar surface area (TPSA) is 92.8 Å². The van der Waals surface area contributed by atoms with E-state index in [0.717, 1.165) is 16.9 Å². The second kappa shape index (κ2) is 9.57. The summed E-state index contributed by atoms with van der Waals surface area (Å²) in [5.74, 6) is 0. The van der Waals surface area contributed by atoms with Gasteiger partial charge in [-0.25, -0.2) is 4.57 Å². The van der Waals surface area contributed by atoms with Gasteiger partial charge < -0.3 is 15.5 Å². The van der Waals surface area contributed by atoms with Crippen molar-refractivity contribution in [2.45, 2.75) is 48.4 Å². The molecule has 8 heteroatoms. The molecule has 0 aromatic heterocycles. The number of phosphoric ester groups is 1. The van der Waals surface area contributed by atoms with Crippen molar-refractivity contribution in [2.75, 3.05) is 6.61 Å². The summed E-state index contributed by atoms with van der Waals surface area (Å²) in [5.41, 5.74) is 7.44. The third-order valence-electron chi connectivity index (χ3n) is 4.09. The third kappa shape index (κ3) is 7.96. The molecule has 0 unspecified atom stereocenters. The van der Waals surface area contributed by atoms with Gasteiger partial charge in [0.2, 0.25) is 0 Å². The molecule has 0 aliphatic carbocycles. The smallest absolute Gasteiger partial charge is 0.323 e. The maximum Gasteiger partial charge on any atom is 0.469 e. The van der Waals surface area contributed by atoms with Crippen LogP contribution in [-0.4, -0.2) is 21.9 Å². The van der Waals surface area contributed by atoms with Crippen LogP contribution in [0.25, 0.3) is 0 Å². The molecule has 0 fully saturated rings. The van der Waals surface area contributed by atoms with Crippen LogP contribution in [-0.2, 0) is 21.9 Å². The van der Waals surface area contributed by atoms with E-state index in [1.54, 1.807) is 18.7 Å². The second-order valence-electron chi connectivity index (χ2n) is 6.77. The highest BCUT2D eigenvalue weighted by Gasteiger charge is 2.24. The van der Waals surface area contributed by atoms with E-state index in [0.29, 0.717) is 17.9 Å². The molecule has 0 aliphatic heterocycles. The Hall–Kier alpha value is -0.850. The van der Waals surface area contributed by atoms with Crippen LogP contribution < -0.4 is 5.73 Å². The first-order chi connectivity index (χ1) is 12.6.